The molecule has 1 aliphatic heterocycles. The summed E-state index contributed by atoms with van der Waals surface area (Å²) in [5.41, 5.74) is 0. The molecule has 6 heteroatoms. The molecule has 1 heterocycles. The van der Waals surface area contributed by atoms with E-state index in [9.17, 15) is 9.59 Å². The van der Waals surface area contributed by atoms with Crippen LogP contribution < -0.4 is 0 Å². The summed E-state index contributed by atoms with van der Waals surface area (Å²) in [6.45, 7) is 0.445. The van der Waals surface area contributed by atoms with Gasteiger partial charge in [0.15, 0.2) is 0 Å². The molecule has 0 bridgehead atoms. The topological polar surface area (TPSA) is 46.6 Å². The highest BCUT2D eigenvalue weighted by atomic mass is 33.1. The van der Waals surface area contributed by atoms with Gasteiger partial charge in [0.25, 0.3) is 0 Å². The minimum Gasteiger partial charge on any atom is -0.469 e. The molecule has 1 fully saturated rings. The van der Waals surface area contributed by atoms with Crippen LogP contribution in [0.15, 0.2) is 0 Å². The minimum absolute atomic E-state index is 0.123. The van der Waals surface area contributed by atoms with Gasteiger partial charge in [0.2, 0.25) is 5.91 Å². The molecule has 0 aromatic heterocycles. The standard InChI is InChI=1S/C13H23NO3S2/c1-14(9-7-13(16)17-2)12(15)6-4-3-5-11-8-10-18-19-11/h11H,3-10H2,1-2H3/t11-/m0/s1. The highest BCUT2D eigenvalue weighted by Crippen LogP contribution is 2.39. The third-order valence-corrected chi connectivity index (χ3v) is 6.21. The van der Waals surface area contributed by atoms with Crippen molar-refractivity contribution in [2.75, 3.05) is 26.5 Å². The molecule has 110 valence electrons. The molecule has 0 unspecified atom stereocenters. The Balaban J connectivity index is 2.03. The van der Waals surface area contributed by atoms with Crippen LogP contribution in [0.3, 0.4) is 0 Å². The molecule has 0 saturated carbocycles. The van der Waals surface area contributed by atoms with Crippen molar-refractivity contribution < 1.29 is 14.3 Å². The van der Waals surface area contributed by atoms with Gasteiger partial charge in [-0.25, -0.2) is 0 Å². The maximum absolute atomic E-state index is 11.8. The SMILES string of the molecule is COC(=O)CCN(C)C(=O)CCCC[C@H]1CCSS1. The summed E-state index contributed by atoms with van der Waals surface area (Å²) in [5, 5.41) is 0.789. The number of carbonyl (C=O) groups is 2. The fraction of sp³-hybridized carbons (Fsp3) is 0.846. The lowest BCUT2D eigenvalue weighted by Gasteiger charge is -2.16. The lowest BCUT2D eigenvalue weighted by atomic mass is 10.1. The first-order valence-electron chi connectivity index (χ1n) is 6.72. The quantitative estimate of drug-likeness (QED) is 0.392. The summed E-state index contributed by atoms with van der Waals surface area (Å²) in [7, 11) is 7.06. The van der Waals surface area contributed by atoms with E-state index in [-0.39, 0.29) is 18.3 Å². The van der Waals surface area contributed by atoms with Crippen LogP contribution >= 0.6 is 21.6 Å². The molecule has 0 radical (unpaired) electrons. The van der Waals surface area contributed by atoms with Crippen LogP contribution in [0.25, 0.3) is 0 Å². The van der Waals surface area contributed by atoms with Crippen LogP contribution in [-0.4, -0.2) is 48.5 Å². The Hall–Kier alpha value is -0.360. The molecule has 1 rings (SSSR count). The second-order valence-corrected chi connectivity index (χ2v) is 7.50. The monoisotopic (exact) mass is 305 g/mol. The van der Waals surface area contributed by atoms with Crippen molar-refractivity contribution in [2.45, 2.75) is 43.8 Å². The van der Waals surface area contributed by atoms with E-state index in [2.05, 4.69) is 4.74 Å². The lowest BCUT2D eigenvalue weighted by molar-refractivity contribution is -0.141. The average Bonchev–Trinajstić information content (AvgIpc) is 2.93. The van der Waals surface area contributed by atoms with Gasteiger partial charge >= 0.3 is 5.97 Å². The van der Waals surface area contributed by atoms with Crippen molar-refractivity contribution in [3.8, 4) is 0 Å². The van der Waals surface area contributed by atoms with E-state index < -0.39 is 0 Å². The molecule has 0 aromatic carbocycles. The largest absolute Gasteiger partial charge is 0.469 e. The third kappa shape index (κ3) is 7.11. The molecular formula is C13H23NO3S2. The highest BCUT2D eigenvalue weighted by Gasteiger charge is 2.16. The maximum Gasteiger partial charge on any atom is 0.307 e. The predicted molar refractivity (Wildman–Crippen MR) is 81.2 cm³/mol. The summed E-state index contributed by atoms with van der Waals surface area (Å²) < 4.78 is 4.55. The van der Waals surface area contributed by atoms with Gasteiger partial charge in [0.1, 0.15) is 0 Å². The van der Waals surface area contributed by atoms with Crippen LogP contribution in [-0.2, 0) is 14.3 Å². The third-order valence-electron chi connectivity index (χ3n) is 3.20. The number of methoxy groups -OCH3 is 1. The van der Waals surface area contributed by atoms with Crippen molar-refractivity contribution in [3.63, 3.8) is 0 Å². The molecule has 1 saturated heterocycles. The number of nitrogens with zero attached hydrogens (tertiary/aromatic N) is 1. The van der Waals surface area contributed by atoms with Crippen LogP contribution in [0.5, 0.6) is 0 Å². The van der Waals surface area contributed by atoms with Crippen LogP contribution in [0.4, 0.5) is 0 Å². The molecule has 4 nitrogen and oxygen atoms in total. The van der Waals surface area contributed by atoms with Gasteiger partial charge in [0.05, 0.1) is 13.5 Å². The van der Waals surface area contributed by atoms with E-state index in [1.165, 1.54) is 25.7 Å². The number of hydrogen-bond donors (Lipinski definition) is 0. The Labute approximate surface area is 123 Å². The molecule has 0 aromatic rings. The first-order valence-corrected chi connectivity index (χ1v) is 9.10. The Kier molecular flexibility index (Phi) is 8.37. The van der Waals surface area contributed by atoms with Crippen molar-refractivity contribution in [1.29, 1.82) is 0 Å². The van der Waals surface area contributed by atoms with E-state index in [0.717, 1.165) is 18.1 Å². The van der Waals surface area contributed by atoms with Crippen molar-refractivity contribution in [2.24, 2.45) is 0 Å². The number of unbranched alkanes of at least 4 members (excludes halogenated alkanes) is 1. The summed E-state index contributed by atoms with van der Waals surface area (Å²) in [4.78, 5) is 24.4. The number of amides is 1. The lowest BCUT2D eigenvalue weighted by Crippen LogP contribution is -2.29. The number of carbonyl (C=O) groups excluding carboxylic acids is 2. The second kappa shape index (κ2) is 9.53. The molecule has 1 amide bonds. The zero-order chi connectivity index (χ0) is 14.1. The van der Waals surface area contributed by atoms with Gasteiger partial charge in [-0.3, -0.25) is 9.59 Å². The second-order valence-electron chi connectivity index (χ2n) is 4.72. The first kappa shape index (κ1) is 16.7. The maximum atomic E-state index is 11.8. The number of esters is 1. The first-order chi connectivity index (χ1) is 9.13. The number of rotatable bonds is 8. The Morgan fingerprint density at radius 2 is 2.11 bits per heavy atom. The fourth-order valence-electron chi connectivity index (χ4n) is 1.89. The fourth-order valence-corrected chi connectivity index (χ4v) is 4.92. The van der Waals surface area contributed by atoms with Crippen molar-refractivity contribution in [3.05, 3.63) is 0 Å². The molecular weight excluding hydrogens is 282 g/mol. The molecule has 1 aliphatic rings. The van der Waals surface area contributed by atoms with Gasteiger partial charge in [-0.15, -0.1) is 0 Å². The summed E-state index contributed by atoms with van der Waals surface area (Å²) in [5.74, 6) is 1.12. The van der Waals surface area contributed by atoms with Crippen LogP contribution in [0.1, 0.15) is 38.5 Å². The molecule has 0 spiro atoms. The van der Waals surface area contributed by atoms with Crippen LogP contribution in [0.2, 0.25) is 0 Å². The van der Waals surface area contributed by atoms with Crippen molar-refractivity contribution in [1.82, 2.24) is 4.90 Å². The van der Waals surface area contributed by atoms with Crippen LogP contribution in [0, 0.1) is 0 Å². The Morgan fingerprint density at radius 3 is 2.74 bits per heavy atom. The molecule has 0 N–H and O–H groups in total. The zero-order valence-corrected chi connectivity index (χ0v) is 13.4. The number of hydrogen-bond acceptors (Lipinski definition) is 5. The smallest absolute Gasteiger partial charge is 0.307 e. The van der Waals surface area contributed by atoms with Gasteiger partial charge in [-0.05, 0) is 19.3 Å². The zero-order valence-electron chi connectivity index (χ0n) is 11.7. The Morgan fingerprint density at radius 1 is 1.32 bits per heavy atom. The average molecular weight is 305 g/mol. The van der Waals surface area contributed by atoms with E-state index in [1.54, 1.807) is 11.9 Å². The van der Waals surface area contributed by atoms with Gasteiger partial charge < -0.3 is 9.64 Å². The minimum atomic E-state index is -0.268. The van der Waals surface area contributed by atoms with Gasteiger partial charge in [-0.1, -0.05) is 28.0 Å². The molecule has 1 atom stereocenters. The summed E-state index contributed by atoms with van der Waals surface area (Å²) in [6.07, 6.45) is 5.45. The van der Waals surface area contributed by atoms with E-state index in [0.29, 0.717) is 13.0 Å². The van der Waals surface area contributed by atoms with E-state index in [4.69, 9.17) is 0 Å². The molecule has 0 aliphatic carbocycles. The van der Waals surface area contributed by atoms with Gasteiger partial charge in [-0.2, -0.15) is 0 Å². The summed E-state index contributed by atoms with van der Waals surface area (Å²) in [6, 6.07) is 0. The van der Waals surface area contributed by atoms with E-state index in [1.807, 2.05) is 21.6 Å². The normalized spacial score (nSPS) is 18.3. The predicted octanol–water partition coefficient (Wildman–Crippen LogP) is 2.72. The van der Waals surface area contributed by atoms with Crippen molar-refractivity contribution >= 4 is 33.5 Å². The summed E-state index contributed by atoms with van der Waals surface area (Å²) >= 11 is 0. The Bertz CT molecular complexity index is 294. The van der Waals surface area contributed by atoms with Gasteiger partial charge in [0, 0.05) is 31.0 Å². The number of ether oxygens (including phenoxy) is 1. The van der Waals surface area contributed by atoms with E-state index >= 15 is 0 Å². The highest BCUT2D eigenvalue weighted by molar-refractivity contribution is 8.77. The molecule has 19 heavy (non-hydrogen) atoms.